The molecule has 2 aliphatic heterocycles. The molecular formula is C32H44N6O7. The Morgan fingerprint density at radius 1 is 0.889 bits per heavy atom. The van der Waals surface area contributed by atoms with Crippen molar-refractivity contribution in [2.45, 2.75) is 96.4 Å². The molecule has 0 spiro atoms. The molecule has 13 nitrogen and oxygen atoms in total. The first-order valence-corrected chi connectivity index (χ1v) is 15.6. The van der Waals surface area contributed by atoms with Crippen molar-refractivity contribution in [1.29, 1.82) is 0 Å². The van der Waals surface area contributed by atoms with Gasteiger partial charge in [0.2, 0.25) is 29.5 Å². The summed E-state index contributed by atoms with van der Waals surface area (Å²) in [6.07, 6.45) is 2.35. The number of carbonyl (C=O) groups is 6. The summed E-state index contributed by atoms with van der Waals surface area (Å²) in [5.74, 6) is -4.39. The van der Waals surface area contributed by atoms with Crippen molar-refractivity contribution in [3.63, 3.8) is 0 Å². The van der Waals surface area contributed by atoms with E-state index in [0.717, 1.165) is 16.5 Å². The molecule has 3 heterocycles. The summed E-state index contributed by atoms with van der Waals surface area (Å²) >= 11 is 0. The van der Waals surface area contributed by atoms with Crippen LogP contribution in [0.4, 0.5) is 0 Å². The minimum absolute atomic E-state index is 0.00110. The molecule has 13 heteroatoms. The minimum atomic E-state index is -1.25. The summed E-state index contributed by atoms with van der Waals surface area (Å²) < 4.78 is 0. The Morgan fingerprint density at radius 3 is 2.24 bits per heavy atom. The molecular weight excluding hydrogens is 580 g/mol. The lowest BCUT2D eigenvalue weighted by Crippen LogP contribution is -2.59. The molecule has 0 saturated carbocycles. The van der Waals surface area contributed by atoms with Crippen molar-refractivity contribution in [3.05, 3.63) is 36.0 Å². The Bertz CT molecular complexity index is 1440. The number of carboxylic acid groups (broad SMARTS) is 1. The number of hydrogen-bond acceptors (Lipinski definition) is 6. The molecule has 0 unspecified atom stereocenters. The number of hydrogen-bond donors (Lipinski definition) is 6. The third kappa shape index (κ3) is 8.20. The lowest BCUT2D eigenvalue weighted by molar-refractivity contribution is -0.143. The summed E-state index contributed by atoms with van der Waals surface area (Å²) in [6.45, 7) is 7.59. The Kier molecular flexibility index (Phi) is 10.8. The van der Waals surface area contributed by atoms with Gasteiger partial charge in [-0.15, -0.1) is 0 Å². The van der Waals surface area contributed by atoms with Gasteiger partial charge in [-0.2, -0.15) is 0 Å². The predicted molar refractivity (Wildman–Crippen MR) is 166 cm³/mol. The van der Waals surface area contributed by atoms with Crippen LogP contribution in [0.3, 0.4) is 0 Å². The van der Waals surface area contributed by atoms with E-state index < -0.39 is 72.1 Å². The van der Waals surface area contributed by atoms with Crippen molar-refractivity contribution < 1.29 is 33.9 Å². The average molecular weight is 625 g/mol. The van der Waals surface area contributed by atoms with Crippen LogP contribution in [0, 0.1) is 11.8 Å². The highest BCUT2D eigenvalue weighted by Gasteiger charge is 2.41. The van der Waals surface area contributed by atoms with Crippen molar-refractivity contribution >= 4 is 46.4 Å². The van der Waals surface area contributed by atoms with Gasteiger partial charge < -0.3 is 36.3 Å². The zero-order chi connectivity index (χ0) is 32.8. The number of carbonyl (C=O) groups excluding carboxylic acids is 5. The molecule has 5 atom stereocenters. The topological polar surface area (TPSA) is 190 Å². The second-order valence-electron chi connectivity index (χ2n) is 12.7. The molecule has 45 heavy (non-hydrogen) atoms. The summed E-state index contributed by atoms with van der Waals surface area (Å²) in [6, 6.07) is 2.21. The lowest BCUT2D eigenvalue weighted by atomic mass is 9.98. The fourth-order valence-electron chi connectivity index (χ4n) is 6.05. The molecule has 244 valence electrons. The second kappa shape index (κ2) is 14.6. The first kappa shape index (κ1) is 33.5. The van der Waals surface area contributed by atoms with Gasteiger partial charge in [0.15, 0.2) is 0 Å². The van der Waals surface area contributed by atoms with E-state index in [0.29, 0.717) is 12.8 Å². The van der Waals surface area contributed by atoms with Crippen LogP contribution >= 0.6 is 0 Å². The molecule has 2 aromatic rings. The number of nitrogens with one attached hydrogen (secondary N) is 5. The van der Waals surface area contributed by atoms with Crippen molar-refractivity contribution in [2.75, 3.05) is 6.54 Å². The largest absolute Gasteiger partial charge is 0.481 e. The number of fused-ring (bicyclic) bond motifs is 2. The van der Waals surface area contributed by atoms with Gasteiger partial charge in [-0.25, -0.2) is 0 Å². The molecule has 0 bridgehead atoms. The van der Waals surface area contributed by atoms with Gasteiger partial charge in [0.1, 0.15) is 30.2 Å². The zero-order valence-electron chi connectivity index (χ0n) is 26.2. The number of nitrogens with zero attached hydrogens (tertiary/aromatic N) is 1. The van der Waals surface area contributed by atoms with Crippen LogP contribution in [0.1, 0.15) is 65.4 Å². The number of carboxylic acids is 1. The van der Waals surface area contributed by atoms with E-state index in [2.05, 4.69) is 26.3 Å². The number of aromatic amines is 1. The number of para-hydroxylation sites is 1. The smallest absolute Gasteiger partial charge is 0.303 e. The third-order valence-corrected chi connectivity index (χ3v) is 8.42. The van der Waals surface area contributed by atoms with Crippen LogP contribution in [0.2, 0.25) is 0 Å². The number of aromatic nitrogens is 1. The van der Waals surface area contributed by atoms with Crippen LogP contribution in [-0.2, 0) is 35.2 Å². The molecule has 2 aliphatic rings. The van der Waals surface area contributed by atoms with Gasteiger partial charge in [-0.3, -0.25) is 28.8 Å². The Balaban J connectivity index is 1.76. The van der Waals surface area contributed by atoms with E-state index in [1.165, 1.54) is 4.90 Å². The highest BCUT2D eigenvalue weighted by molar-refractivity contribution is 5.98. The van der Waals surface area contributed by atoms with Gasteiger partial charge >= 0.3 is 5.97 Å². The average Bonchev–Trinajstić information content (AvgIpc) is 3.63. The van der Waals surface area contributed by atoms with Gasteiger partial charge in [0, 0.05) is 36.5 Å². The van der Waals surface area contributed by atoms with E-state index >= 15 is 0 Å². The van der Waals surface area contributed by atoms with Gasteiger partial charge in [0.05, 0.1) is 0 Å². The van der Waals surface area contributed by atoms with Gasteiger partial charge in [-0.05, 0) is 49.1 Å². The second-order valence-corrected chi connectivity index (χ2v) is 12.7. The van der Waals surface area contributed by atoms with Crippen LogP contribution in [0.25, 0.3) is 10.9 Å². The molecule has 1 aromatic heterocycles. The molecule has 4 rings (SSSR count). The van der Waals surface area contributed by atoms with E-state index in [1.807, 2.05) is 38.1 Å². The van der Waals surface area contributed by atoms with E-state index in [1.54, 1.807) is 20.0 Å². The first-order valence-electron chi connectivity index (χ1n) is 15.6. The van der Waals surface area contributed by atoms with Crippen LogP contribution in [0.5, 0.6) is 0 Å². The number of rotatable bonds is 8. The van der Waals surface area contributed by atoms with Crippen LogP contribution < -0.4 is 21.3 Å². The SMILES string of the molecule is CC(C)C[C@@H]1NC(=O)[C@@H](C(C)C)NC(=O)[C@@H]2CCCN2C(=O)[C@@H](CCC(=O)O)NC(=O)[C@@H](Cc2c[nH]c3ccccc23)NC1=O. The zero-order valence-corrected chi connectivity index (χ0v) is 26.2. The lowest BCUT2D eigenvalue weighted by Gasteiger charge is -2.30. The molecule has 2 saturated heterocycles. The van der Waals surface area contributed by atoms with Crippen molar-refractivity contribution in [1.82, 2.24) is 31.2 Å². The van der Waals surface area contributed by atoms with Gasteiger partial charge in [0.25, 0.3) is 0 Å². The van der Waals surface area contributed by atoms with Crippen molar-refractivity contribution in [2.24, 2.45) is 11.8 Å². The maximum atomic E-state index is 13.9. The maximum absolute atomic E-state index is 13.9. The number of benzene rings is 1. The highest BCUT2D eigenvalue weighted by Crippen LogP contribution is 2.22. The highest BCUT2D eigenvalue weighted by atomic mass is 16.4. The maximum Gasteiger partial charge on any atom is 0.303 e. The quantitative estimate of drug-likeness (QED) is 0.254. The summed E-state index contributed by atoms with van der Waals surface area (Å²) in [4.78, 5) is 84.6. The normalized spacial score (nSPS) is 25.3. The number of H-pyrrole nitrogens is 1. The van der Waals surface area contributed by atoms with Crippen LogP contribution in [-0.4, -0.2) is 87.2 Å². The molecule has 2 fully saturated rings. The Labute approximate surface area is 262 Å². The monoisotopic (exact) mass is 624 g/mol. The Morgan fingerprint density at radius 2 is 1.56 bits per heavy atom. The Hall–Kier alpha value is -4.42. The number of amides is 5. The standard InChI is InChI=1S/C32H44N6O7/c1-17(2)14-23-28(41)35-24(15-19-16-33-21-9-6-5-8-20(19)21)29(42)34-22(11-12-26(39)40)32(45)38-13-7-10-25(38)30(43)37-27(18(3)4)31(44)36-23/h5-6,8-9,16-18,22-25,27,33H,7,10-15H2,1-4H3,(H,34,42)(H,35,41)(H,36,44)(H,37,43)(H,39,40)/t22-,23+,24-,25+,27-/m1/s1. The fraction of sp³-hybridized carbons (Fsp3) is 0.562. The summed E-state index contributed by atoms with van der Waals surface area (Å²) in [5, 5.41) is 21.3. The molecule has 0 radical (unpaired) electrons. The first-order chi connectivity index (χ1) is 21.3. The van der Waals surface area contributed by atoms with E-state index in [9.17, 15) is 33.9 Å². The number of aliphatic carboxylic acids is 1. The summed E-state index contributed by atoms with van der Waals surface area (Å²) in [7, 11) is 0. The van der Waals surface area contributed by atoms with Crippen molar-refractivity contribution in [3.8, 4) is 0 Å². The molecule has 5 amide bonds. The van der Waals surface area contributed by atoms with E-state index in [4.69, 9.17) is 0 Å². The third-order valence-electron chi connectivity index (χ3n) is 8.42. The fourth-order valence-corrected chi connectivity index (χ4v) is 6.05. The van der Waals surface area contributed by atoms with E-state index in [-0.39, 0.29) is 37.6 Å². The molecule has 0 aliphatic carbocycles. The summed E-state index contributed by atoms with van der Waals surface area (Å²) in [5.41, 5.74) is 1.59. The van der Waals surface area contributed by atoms with Gasteiger partial charge in [-0.1, -0.05) is 45.9 Å². The molecule has 6 N–H and O–H groups in total. The minimum Gasteiger partial charge on any atom is -0.481 e. The predicted octanol–water partition coefficient (Wildman–Crippen LogP) is 1.22. The molecule has 1 aromatic carbocycles. The van der Waals surface area contributed by atoms with Crippen LogP contribution in [0.15, 0.2) is 30.5 Å².